The molecular weight excluding hydrogens is 202 g/mol. The standard InChI is InChI=1S/C12H27N3O/c1-5-13-9-7-12(16)14-8-6-10-15(4)11(2)3/h11,13H,5-10H2,1-4H3,(H,14,16). The molecule has 0 rings (SSSR count). The van der Waals surface area contributed by atoms with Crippen molar-refractivity contribution in [2.24, 2.45) is 0 Å². The largest absolute Gasteiger partial charge is 0.356 e. The maximum atomic E-state index is 11.3. The first kappa shape index (κ1) is 15.4. The number of nitrogens with zero attached hydrogens (tertiary/aromatic N) is 1. The first-order chi connectivity index (χ1) is 7.57. The lowest BCUT2D eigenvalue weighted by Crippen LogP contribution is -2.32. The van der Waals surface area contributed by atoms with E-state index >= 15 is 0 Å². The highest BCUT2D eigenvalue weighted by Crippen LogP contribution is 1.94. The smallest absolute Gasteiger partial charge is 0.221 e. The Labute approximate surface area is 99.8 Å². The van der Waals surface area contributed by atoms with Crippen LogP contribution in [0, 0.1) is 0 Å². The fourth-order valence-corrected chi connectivity index (χ4v) is 1.28. The molecular formula is C12H27N3O. The van der Waals surface area contributed by atoms with Crippen LogP contribution < -0.4 is 10.6 Å². The Morgan fingerprint density at radius 2 is 2.00 bits per heavy atom. The Morgan fingerprint density at radius 1 is 1.31 bits per heavy atom. The Bertz CT molecular complexity index is 183. The van der Waals surface area contributed by atoms with Crippen LogP contribution in [0.4, 0.5) is 0 Å². The summed E-state index contributed by atoms with van der Waals surface area (Å²) in [6, 6.07) is 0.574. The summed E-state index contributed by atoms with van der Waals surface area (Å²) in [6.45, 7) is 9.90. The quantitative estimate of drug-likeness (QED) is 0.576. The van der Waals surface area contributed by atoms with Crippen molar-refractivity contribution >= 4 is 5.91 Å². The van der Waals surface area contributed by atoms with Crippen molar-refractivity contribution in [2.75, 3.05) is 33.2 Å². The van der Waals surface area contributed by atoms with E-state index in [9.17, 15) is 4.79 Å². The summed E-state index contributed by atoms with van der Waals surface area (Å²) in [6.07, 6.45) is 1.59. The maximum absolute atomic E-state index is 11.3. The van der Waals surface area contributed by atoms with E-state index in [-0.39, 0.29) is 5.91 Å². The van der Waals surface area contributed by atoms with Gasteiger partial charge < -0.3 is 15.5 Å². The van der Waals surface area contributed by atoms with Crippen molar-refractivity contribution in [3.63, 3.8) is 0 Å². The minimum atomic E-state index is 0.146. The van der Waals surface area contributed by atoms with Crippen LogP contribution in [0.3, 0.4) is 0 Å². The number of nitrogens with one attached hydrogen (secondary N) is 2. The van der Waals surface area contributed by atoms with Gasteiger partial charge in [-0.05, 0) is 40.4 Å². The molecule has 0 atom stereocenters. The Hall–Kier alpha value is -0.610. The lowest BCUT2D eigenvalue weighted by Gasteiger charge is -2.20. The summed E-state index contributed by atoms with van der Waals surface area (Å²) in [5.74, 6) is 0.146. The van der Waals surface area contributed by atoms with Crippen LogP contribution in [0.2, 0.25) is 0 Å². The SMILES string of the molecule is CCNCCC(=O)NCCCN(C)C(C)C. The van der Waals surface area contributed by atoms with Gasteiger partial charge in [-0.2, -0.15) is 0 Å². The van der Waals surface area contributed by atoms with Gasteiger partial charge in [-0.25, -0.2) is 0 Å². The molecule has 16 heavy (non-hydrogen) atoms. The number of carbonyl (C=O) groups is 1. The molecule has 96 valence electrons. The van der Waals surface area contributed by atoms with E-state index < -0.39 is 0 Å². The zero-order valence-corrected chi connectivity index (χ0v) is 11.2. The third-order valence-electron chi connectivity index (χ3n) is 2.67. The average molecular weight is 229 g/mol. The fraction of sp³-hybridized carbons (Fsp3) is 0.917. The summed E-state index contributed by atoms with van der Waals surface area (Å²) < 4.78 is 0. The molecule has 0 aliphatic rings. The molecule has 0 spiro atoms. The second-order valence-electron chi connectivity index (χ2n) is 4.38. The van der Waals surface area contributed by atoms with Crippen LogP contribution in [0.15, 0.2) is 0 Å². The summed E-state index contributed by atoms with van der Waals surface area (Å²) in [7, 11) is 2.11. The predicted octanol–water partition coefficient (Wildman–Crippen LogP) is 0.833. The lowest BCUT2D eigenvalue weighted by atomic mass is 10.3. The average Bonchev–Trinajstić information content (AvgIpc) is 2.24. The van der Waals surface area contributed by atoms with Gasteiger partial charge in [0.25, 0.3) is 0 Å². The molecule has 4 heteroatoms. The van der Waals surface area contributed by atoms with E-state index in [4.69, 9.17) is 0 Å². The number of rotatable bonds is 9. The molecule has 2 N–H and O–H groups in total. The molecule has 0 aliphatic heterocycles. The zero-order chi connectivity index (χ0) is 12.4. The van der Waals surface area contributed by atoms with E-state index in [2.05, 4.69) is 36.4 Å². The van der Waals surface area contributed by atoms with Gasteiger partial charge in [-0.1, -0.05) is 6.92 Å². The van der Waals surface area contributed by atoms with E-state index in [0.29, 0.717) is 12.5 Å². The monoisotopic (exact) mass is 229 g/mol. The molecule has 0 aliphatic carbocycles. The van der Waals surface area contributed by atoms with Gasteiger partial charge in [0.15, 0.2) is 0 Å². The Kier molecular flexibility index (Phi) is 9.24. The van der Waals surface area contributed by atoms with Gasteiger partial charge in [-0.15, -0.1) is 0 Å². The summed E-state index contributed by atoms with van der Waals surface area (Å²) in [5.41, 5.74) is 0. The highest BCUT2D eigenvalue weighted by Gasteiger charge is 2.03. The molecule has 0 aromatic carbocycles. The van der Waals surface area contributed by atoms with Crippen molar-refractivity contribution < 1.29 is 4.79 Å². The molecule has 0 bridgehead atoms. The fourth-order valence-electron chi connectivity index (χ4n) is 1.28. The minimum Gasteiger partial charge on any atom is -0.356 e. The van der Waals surface area contributed by atoms with Gasteiger partial charge in [-0.3, -0.25) is 4.79 Å². The zero-order valence-electron chi connectivity index (χ0n) is 11.2. The van der Waals surface area contributed by atoms with Crippen molar-refractivity contribution in [3.8, 4) is 0 Å². The summed E-state index contributed by atoms with van der Waals surface area (Å²) in [4.78, 5) is 13.6. The first-order valence-electron chi connectivity index (χ1n) is 6.25. The summed E-state index contributed by atoms with van der Waals surface area (Å²) >= 11 is 0. The highest BCUT2D eigenvalue weighted by molar-refractivity contribution is 5.75. The molecule has 4 nitrogen and oxygen atoms in total. The lowest BCUT2D eigenvalue weighted by molar-refractivity contribution is -0.121. The number of hydrogen-bond acceptors (Lipinski definition) is 3. The van der Waals surface area contributed by atoms with Gasteiger partial charge in [0.2, 0.25) is 5.91 Å². The van der Waals surface area contributed by atoms with Gasteiger partial charge in [0.1, 0.15) is 0 Å². The van der Waals surface area contributed by atoms with E-state index in [1.54, 1.807) is 0 Å². The molecule has 0 saturated carbocycles. The van der Waals surface area contributed by atoms with Crippen LogP contribution in [-0.2, 0) is 4.79 Å². The Morgan fingerprint density at radius 3 is 2.56 bits per heavy atom. The minimum absolute atomic E-state index is 0.146. The van der Waals surface area contributed by atoms with Gasteiger partial charge in [0, 0.05) is 25.6 Å². The normalized spacial score (nSPS) is 11.1. The molecule has 0 aromatic heterocycles. The van der Waals surface area contributed by atoms with Crippen molar-refractivity contribution in [1.82, 2.24) is 15.5 Å². The van der Waals surface area contributed by atoms with Crippen LogP contribution in [0.1, 0.15) is 33.6 Å². The van der Waals surface area contributed by atoms with Crippen molar-refractivity contribution in [3.05, 3.63) is 0 Å². The molecule has 0 unspecified atom stereocenters. The van der Waals surface area contributed by atoms with E-state index in [1.165, 1.54) is 0 Å². The molecule has 0 radical (unpaired) electrons. The number of amides is 1. The summed E-state index contributed by atoms with van der Waals surface area (Å²) in [5, 5.41) is 6.06. The third-order valence-corrected chi connectivity index (χ3v) is 2.67. The van der Waals surface area contributed by atoms with E-state index in [1.807, 2.05) is 6.92 Å². The molecule has 0 saturated heterocycles. The second kappa shape index (κ2) is 9.60. The van der Waals surface area contributed by atoms with Gasteiger partial charge >= 0.3 is 0 Å². The molecule has 0 heterocycles. The molecule has 1 amide bonds. The van der Waals surface area contributed by atoms with Crippen LogP contribution in [0.25, 0.3) is 0 Å². The van der Waals surface area contributed by atoms with Crippen LogP contribution in [-0.4, -0.2) is 50.1 Å². The maximum Gasteiger partial charge on any atom is 0.221 e. The van der Waals surface area contributed by atoms with Crippen molar-refractivity contribution in [2.45, 2.75) is 39.7 Å². The number of hydrogen-bond donors (Lipinski definition) is 2. The van der Waals surface area contributed by atoms with Crippen LogP contribution in [0.5, 0.6) is 0 Å². The number of carbonyl (C=O) groups excluding carboxylic acids is 1. The van der Waals surface area contributed by atoms with Crippen LogP contribution >= 0.6 is 0 Å². The highest BCUT2D eigenvalue weighted by atomic mass is 16.1. The second-order valence-corrected chi connectivity index (χ2v) is 4.38. The third kappa shape index (κ3) is 8.68. The Balaban J connectivity index is 3.34. The van der Waals surface area contributed by atoms with Gasteiger partial charge in [0.05, 0.1) is 0 Å². The van der Waals surface area contributed by atoms with Crippen molar-refractivity contribution in [1.29, 1.82) is 0 Å². The predicted molar refractivity (Wildman–Crippen MR) is 68.6 cm³/mol. The molecule has 0 aromatic rings. The molecule has 0 fully saturated rings. The topological polar surface area (TPSA) is 44.4 Å². The first-order valence-corrected chi connectivity index (χ1v) is 6.25. The van der Waals surface area contributed by atoms with E-state index in [0.717, 1.165) is 32.6 Å².